The number of nitrogens with one attached hydrogen (secondary N) is 2. The molecule has 14 heteroatoms. The van der Waals surface area contributed by atoms with E-state index in [0.29, 0.717) is 0 Å². The number of carbonyl (C=O) groups excluding carboxylic acids is 2. The van der Waals surface area contributed by atoms with Gasteiger partial charge in [-0.25, -0.2) is 16.8 Å². The number of sulfonamides is 1. The molecule has 1 aromatic carbocycles. The first-order chi connectivity index (χ1) is 13.5. The molecule has 1 amide bonds. The van der Waals surface area contributed by atoms with Crippen LogP contribution in [0.25, 0.3) is 0 Å². The van der Waals surface area contributed by atoms with Crippen molar-refractivity contribution < 1.29 is 39.9 Å². The average Bonchev–Trinajstić information content (AvgIpc) is 3.21. The van der Waals surface area contributed by atoms with E-state index in [9.17, 15) is 35.2 Å². The van der Waals surface area contributed by atoms with Crippen molar-refractivity contribution >= 4 is 48.8 Å². The van der Waals surface area contributed by atoms with Crippen LogP contribution in [0.3, 0.4) is 0 Å². The van der Waals surface area contributed by atoms with Gasteiger partial charge in [0.2, 0.25) is 9.84 Å². The second-order valence-corrected chi connectivity index (χ2v) is 10.2. The molecule has 0 atom stereocenters. The van der Waals surface area contributed by atoms with Gasteiger partial charge in [0.15, 0.2) is 6.61 Å². The van der Waals surface area contributed by atoms with Crippen molar-refractivity contribution in [2.24, 2.45) is 0 Å². The fourth-order valence-electron chi connectivity index (χ4n) is 1.87. The minimum absolute atomic E-state index is 0.0142. The maximum atomic E-state index is 12.5. The van der Waals surface area contributed by atoms with Crippen molar-refractivity contribution in [2.45, 2.75) is 14.9 Å². The van der Waals surface area contributed by atoms with Gasteiger partial charge >= 0.3 is 11.7 Å². The zero-order valence-electron chi connectivity index (χ0n) is 14.4. The molecule has 0 fully saturated rings. The molecule has 9 nitrogen and oxygen atoms in total. The Kier molecular flexibility index (Phi) is 7.40. The highest BCUT2D eigenvalue weighted by atomic mass is 32.2. The number of rotatable bonds is 9. The number of anilines is 1. The normalized spacial score (nSPS) is 12.0. The molecule has 0 unspecified atom stereocenters. The fourth-order valence-corrected chi connectivity index (χ4v) is 4.59. The van der Waals surface area contributed by atoms with Crippen LogP contribution in [0.2, 0.25) is 0 Å². The monoisotopic (exact) mass is 468 g/mol. The van der Waals surface area contributed by atoms with Gasteiger partial charge in [0.05, 0.1) is 4.90 Å². The molecule has 0 aliphatic heterocycles. The number of alkyl halides is 2. The van der Waals surface area contributed by atoms with Gasteiger partial charge in [-0.3, -0.25) is 9.59 Å². The molecule has 0 aliphatic carbocycles. The first kappa shape index (κ1) is 22.9. The van der Waals surface area contributed by atoms with Crippen LogP contribution < -0.4 is 10.0 Å². The standard InChI is InChI=1S/C15H14F2N2O7S3/c16-15(17)28(22,23)11-5-3-10(4-6-11)19-12(20)9-26-13(21)8-18-29(24,25)14-2-1-7-27-14/h1-7,15,18H,8-9H2,(H,19,20). The Hall–Kier alpha value is -2.42. The Labute approximate surface area is 168 Å². The maximum absolute atomic E-state index is 12.5. The lowest BCUT2D eigenvalue weighted by atomic mass is 10.3. The smallest absolute Gasteiger partial charge is 0.341 e. The minimum atomic E-state index is -4.75. The lowest BCUT2D eigenvalue weighted by Gasteiger charge is -2.08. The highest BCUT2D eigenvalue weighted by Gasteiger charge is 2.26. The molecule has 0 saturated heterocycles. The number of esters is 1. The van der Waals surface area contributed by atoms with Crippen LogP contribution in [0.4, 0.5) is 14.5 Å². The summed E-state index contributed by atoms with van der Waals surface area (Å²) in [6.07, 6.45) is 0. The summed E-state index contributed by atoms with van der Waals surface area (Å²) in [5.41, 5.74) is 0.0812. The summed E-state index contributed by atoms with van der Waals surface area (Å²) in [6, 6.07) is 6.83. The molecule has 0 aliphatic rings. The fraction of sp³-hybridized carbons (Fsp3) is 0.200. The topological polar surface area (TPSA) is 136 Å². The van der Waals surface area contributed by atoms with E-state index in [-0.39, 0.29) is 9.90 Å². The zero-order chi connectivity index (χ0) is 21.7. The van der Waals surface area contributed by atoms with E-state index in [1.54, 1.807) is 5.38 Å². The van der Waals surface area contributed by atoms with Crippen LogP contribution in [-0.4, -0.2) is 47.6 Å². The van der Waals surface area contributed by atoms with E-state index in [1.165, 1.54) is 12.1 Å². The van der Waals surface area contributed by atoms with Crippen molar-refractivity contribution in [2.75, 3.05) is 18.5 Å². The van der Waals surface area contributed by atoms with Crippen LogP contribution in [0.1, 0.15) is 0 Å². The molecule has 29 heavy (non-hydrogen) atoms. The van der Waals surface area contributed by atoms with Gasteiger partial charge < -0.3 is 10.1 Å². The van der Waals surface area contributed by atoms with Gasteiger partial charge in [-0.1, -0.05) is 6.07 Å². The number of hydrogen-bond donors (Lipinski definition) is 2. The number of ether oxygens (including phenoxy) is 1. The third kappa shape index (κ3) is 6.28. The lowest BCUT2D eigenvalue weighted by molar-refractivity contribution is -0.146. The SMILES string of the molecule is O=C(COC(=O)CNS(=O)(=O)c1cccs1)Nc1ccc(S(=O)(=O)C(F)F)cc1. The molecule has 2 N–H and O–H groups in total. The molecular formula is C15H14F2N2O7S3. The van der Waals surface area contributed by atoms with E-state index >= 15 is 0 Å². The van der Waals surface area contributed by atoms with Gasteiger partial charge in [0.1, 0.15) is 10.8 Å². The molecule has 0 bridgehead atoms. The van der Waals surface area contributed by atoms with Crippen LogP contribution in [0, 0.1) is 0 Å². The van der Waals surface area contributed by atoms with Gasteiger partial charge in [-0.2, -0.15) is 13.5 Å². The first-order valence-corrected chi connectivity index (χ1v) is 11.5. The van der Waals surface area contributed by atoms with Crippen molar-refractivity contribution in [3.8, 4) is 0 Å². The van der Waals surface area contributed by atoms with E-state index in [4.69, 9.17) is 0 Å². The molecule has 158 valence electrons. The number of halogens is 2. The second kappa shape index (κ2) is 9.39. The Morgan fingerprint density at radius 1 is 1.07 bits per heavy atom. The summed E-state index contributed by atoms with van der Waals surface area (Å²) >= 11 is 0.959. The molecule has 0 radical (unpaired) electrons. The second-order valence-electron chi connectivity index (χ2n) is 5.30. The third-order valence-corrected chi connectivity index (χ3v) is 7.43. The van der Waals surface area contributed by atoms with Gasteiger partial charge in [-0.05, 0) is 35.7 Å². The van der Waals surface area contributed by atoms with Gasteiger partial charge in [0.25, 0.3) is 15.9 Å². The lowest BCUT2D eigenvalue weighted by Crippen LogP contribution is -2.32. The Bertz CT molecular complexity index is 1070. The van der Waals surface area contributed by atoms with E-state index in [1.807, 2.05) is 4.72 Å². The highest BCUT2D eigenvalue weighted by molar-refractivity contribution is 7.92. The summed E-state index contributed by atoms with van der Waals surface area (Å²) in [7, 11) is -8.61. The van der Waals surface area contributed by atoms with E-state index < -0.39 is 55.5 Å². The predicted octanol–water partition coefficient (Wildman–Crippen LogP) is 1.20. The van der Waals surface area contributed by atoms with Crippen molar-refractivity contribution in [1.29, 1.82) is 0 Å². The van der Waals surface area contributed by atoms with Gasteiger partial charge in [0, 0.05) is 5.69 Å². The quantitative estimate of drug-likeness (QED) is 0.528. The summed E-state index contributed by atoms with van der Waals surface area (Å²) in [6.45, 7) is -1.43. The van der Waals surface area contributed by atoms with Crippen LogP contribution in [0.5, 0.6) is 0 Å². The molecule has 2 rings (SSSR count). The number of carbonyl (C=O) groups is 2. The summed E-state index contributed by atoms with van der Waals surface area (Å²) in [5.74, 6) is -5.37. The maximum Gasteiger partial charge on any atom is 0.341 e. The zero-order valence-corrected chi connectivity index (χ0v) is 16.8. The van der Waals surface area contributed by atoms with Crippen molar-refractivity contribution in [1.82, 2.24) is 4.72 Å². The molecule has 1 heterocycles. The molecule has 0 spiro atoms. The Morgan fingerprint density at radius 3 is 2.28 bits per heavy atom. The van der Waals surface area contributed by atoms with Crippen molar-refractivity contribution in [3.05, 3.63) is 41.8 Å². The summed E-state index contributed by atoms with van der Waals surface area (Å²) in [5, 5.41) is 3.81. The van der Waals surface area contributed by atoms with E-state index in [2.05, 4.69) is 10.1 Å². The Morgan fingerprint density at radius 2 is 1.72 bits per heavy atom. The number of benzene rings is 1. The molecular weight excluding hydrogens is 454 g/mol. The molecule has 0 saturated carbocycles. The Balaban J connectivity index is 1.81. The highest BCUT2D eigenvalue weighted by Crippen LogP contribution is 2.20. The van der Waals surface area contributed by atoms with Crippen LogP contribution in [-0.2, 0) is 34.2 Å². The number of amides is 1. The number of thiophene rings is 1. The van der Waals surface area contributed by atoms with Gasteiger partial charge in [-0.15, -0.1) is 11.3 Å². The van der Waals surface area contributed by atoms with Crippen LogP contribution in [0.15, 0.2) is 50.9 Å². The molecule has 2 aromatic rings. The largest absolute Gasteiger partial charge is 0.455 e. The summed E-state index contributed by atoms with van der Waals surface area (Å²) in [4.78, 5) is 22.7. The summed E-state index contributed by atoms with van der Waals surface area (Å²) < 4.78 is 77.9. The third-order valence-electron chi connectivity index (χ3n) is 3.23. The van der Waals surface area contributed by atoms with Crippen molar-refractivity contribution in [3.63, 3.8) is 0 Å². The van der Waals surface area contributed by atoms with E-state index in [0.717, 1.165) is 35.6 Å². The minimum Gasteiger partial charge on any atom is -0.455 e. The average molecular weight is 468 g/mol. The number of hydrogen-bond acceptors (Lipinski definition) is 8. The molecule has 1 aromatic heterocycles. The van der Waals surface area contributed by atoms with Crippen LogP contribution >= 0.6 is 11.3 Å². The number of sulfone groups is 1. The predicted molar refractivity (Wildman–Crippen MR) is 98.7 cm³/mol. The first-order valence-electron chi connectivity index (χ1n) is 7.63.